The zero-order valence-corrected chi connectivity index (χ0v) is 8.75. The van der Waals surface area contributed by atoms with Crippen LogP contribution in [0.25, 0.3) is 0 Å². The Kier molecular flexibility index (Phi) is 4.49. The van der Waals surface area contributed by atoms with E-state index in [0.29, 0.717) is 0 Å². The molecule has 4 heteroatoms. The van der Waals surface area contributed by atoms with Gasteiger partial charge in [0.25, 0.3) is 0 Å². The maximum atomic E-state index is 8.95. The normalized spacial score (nSPS) is 9.93. The first-order valence-electron chi connectivity index (χ1n) is 4.90. The van der Waals surface area contributed by atoms with Crippen LogP contribution in [0.1, 0.15) is 5.56 Å². The summed E-state index contributed by atoms with van der Waals surface area (Å²) in [5, 5.41) is 15.1. The fraction of sp³-hybridized carbons (Fsp3) is 0.400. The van der Waals surface area contributed by atoms with Crippen LogP contribution in [0.15, 0.2) is 24.3 Å². The minimum Gasteiger partial charge on any atom is -0.437 e. The molecule has 1 aromatic carbocycles. The second-order valence-corrected chi connectivity index (χ2v) is 3.42. The van der Waals surface area contributed by atoms with Crippen molar-refractivity contribution in [1.29, 1.82) is 0 Å². The maximum Gasteiger partial charge on any atom is 0.373 e. The average Bonchev–Trinajstić information content (AvgIpc) is 2.15. The Morgan fingerprint density at radius 2 is 1.86 bits per heavy atom. The molecule has 0 atom stereocenters. The zero-order valence-electron chi connectivity index (χ0n) is 8.75. The van der Waals surface area contributed by atoms with Crippen LogP contribution in [-0.4, -0.2) is 25.2 Å². The summed E-state index contributed by atoms with van der Waals surface area (Å²) in [6.07, 6.45) is 0. The molecule has 1 aromatic rings. The van der Waals surface area contributed by atoms with Gasteiger partial charge in [0.2, 0.25) is 0 Å². The Bertz CT molecular complexity index is 261. The van der Waals surface area contributed by atoms with Crippen molar-refractivity contribution in [2.24, 2.45) is 0 Å². The number of hydrogen-bond donors (Lipinski definition) is 3. The van der Waals surface area contributed by atoms with Gasteiger partial charge >= 0.3 is 7.05 Å². The molecule has 0 aliphatic carbocycles. The van der Waals surface area contributed by atoms with E-state index in [9.17, 15) is 0 Å². The lowest BCUT2D eigenvalue weighted by atomic mass is 9.89. The highest BCUT2D eigenvalue weighted by molar-refractivity contribution is 6.45. The smallest absolute Gasteiger partial charge is 0.373 e. The van der Waals surface area contributed by atoms with Crippen molar-refractivity contribution in [2.75, 3.05) is 18.4 Å². The number of anilines is 1. The van der Waals surface area contributed by atoms with Crippen LogP contribution < -0.4 is 10.5 Å². The van der Waals surface area contributed by atoms with Gasteiger partial charge in [-0.05, 0) is 25.9 Å². The molecular formula is C10H17BN2O. The summed E-state index contributed by atoms with van der Waals surface area (Å²) in [6.45, 7) is 5.35. The molecule has 0 radical (unpaired) electrons. The van der Waals surface area contributed by atoms with E-state index in [0.717, 1.165) is 18.8 Å². The summed E-state index contributed by atoms with van der Waals surface area (Å²) in [5.74, 6) is 0. The minimum absolute atomic E-state index is 0.435. The van der Waals surface area contributed by atoms with Crippen molar-refractivity contribution >= 4 is 12.7 Å². The maximum absolute atomic E-state index is 8.95. The van der Waals surface area contributed by atoms with Crippen LogP contribution >= 0.6 is 0 Å². The molecule has 76 valence electrons. The van der Waals surface area contributed by atoms with E-state index in [1.165, 1.54) is 5.56 Å². The van der Waals surface area contributed by atoms with Crippen LogP contribution in [0, 0.1) is 6.92 Å². The lowest BCUT2D eigenvalue weighted by Crippen LogP contribution is -2.34. The molecule has 0 saturated carbocycles. The van der Waals surface area contributed by atoms with Gasteiger partial charge in [0.05, 0.1) is 0 Å². The number of benzene rings is 1. The molecule has 0 aliphatic heterocycles. The highest BCUT2D eigenvalue weighted by atomic mass is 16.2. The molecule has 1 rings (SSSR count). The van der Waals surface area contributed by atoms with Crippen molar-refractivity contribution in [3.8, 4) is 0 Å². The fourth-order valence-corrected chi connectivity index (χ4v) is 1.16. The van der Waals surface area contributed by atoms with Crippen LogP contribution in [0.5, 0.6) is 0 Å². The molecule has 0 amide bonds. The molecule has 14 heavy (non-hydrogen) atoms. The molecule has 0 bridgehead atoms. The van der Waals surface area contributed by atoms with Gasteiger partial charge in [-0.15, -0.1) is 0 Å². The van der Waals surface area contributed by atoms with Gasteiger partial charge in [0.1, 0.15) is 0 Å². The second kappa shape index (κ2) is 5.68. The minimum atomic E-state index is -0.435. The van der Waals surface area contributed by atoms with E-state index in [2.05, 4.69) is 41.7 Å². The first-order valence-corrected chi connectivity index (χ1v) is 4.90. The largest absolute Gasteiger partial charge is 0.437 e. The molecule has 0 aliphatic rings. The molecule has 3 nitrogen and oxygen atoms in total. The summed E-state index contributed by atoms with van der Waals surface area (Å²) >= 11 is 0. The van der Waals surface area contributed by atoms with Crippen molar-refractivity contribution in [1.82, 2.24) is 5.23 Å². The Morgan fingerprint density at radius 1 is 1.21 bits per heavy atom. The van der Waals surface area contributed by atoms with Gasteiger partial charge in [-0.2, -0.15) is 0 Å². The fourth-order valence-electron chi connectivity index (χ4n) is 1.16. The standard InChI is InChI=1S/C10H17BN2O/c1-9-3-5-10(6-4-9)12-7-8-13-11(2)14/h3-6,12-14H,7-8H2,1-2H3. The topological polar surface area (TPSA) is 44.3 Å². The quantitative estimate of drug-likeness (QED) is 0.483. The van der Waals surface area contributed by atoms with Gasteiger partial charge in [-0.3, -0.25) is 0 Å². The van der Waals surface area contributed by atoms with E-state index in [-0.39, 0.29) is 0 Å². The van der Waals surface area contributed by atoms with Crippen molar-refractivity contribution in [3.63, 3.8) is 0 Å². The SMILES string of the molecule is CB(O)NCCNc1ccc(C)cc1. The number of rotatable bonds is 5. The van der Waals surface area contributed by atoms with Gasteiger partial charge < -0.3 is 15.6 Å². The summed E-state index contributed by atoms with van der Waals surface area (Å²) in [4.78, 5) is 0. The lowest BCUT2D eigenvalue weighted by Gasteiger charge is -2.07. The van der Waals surface area contributed by atoms with Crippen molar-refractivity contribution in [2.45, 2.75) is 13.7 Å². The third-order valence-electron chi connectivity index (χ3n) is 1.95. The molecule has 0 fully saturated rings. The molecule has 0 unspecified atom stereocenters. The Morgan fingerprint density at radius 3 is 2.43 bits per heavy atom. The zero-order chi connectivity index (χ0) is 10.4. The Hall–Kier alpha value is -0.995. The highest BCUT2D eigenvalue weighted by Crippen LogP contribution is 2.07. The Balaban J connectivity index is 2.21. The summed E-state index contributed by atoms with van der Waals surface area (Å²) < 4.78 is 0. The first kappa shape index (κ1) is 11.1. The molecule has 3 N–H and O–H groups in total. The van der Waals surface area contributed by atoms with Crippen LogP contribution in [0.4, 0.5) is 5.69 Å². The third kappa shape index (κ3) is 4.30. The number of nitrogens with one attached hydrogen (secondary N) is 2. The second-order valence-electron chi connectivity index (χ2n) is 3.42. The molecule has 0 saturated heterocycles. The third-order valence-corrected chi connectivity index (χ3v) is 1.95. The lowest BCUT2D eigenvalue weighted by molar-refractivity contribution is 0.556. The van der Waals surface area contributed by atoms with Gasteiger partial charge in [0, 0.05) is 18.8 Å². The van der Waals surface area contributed by atoms with E-state index >= 15 is 0 Å². The predicted molar refractivity (Wildman–Crippen MR) is 61.5 cm³/mol. The van der Waals surface area contributed by atoms with E-state index in [1.54, 1.807) is 6.82 Å². The predicted octanol–water partition coefficient (Wildman–Crippen LogP) is 1.11. The summed E-state index contributed by atoms with van der Waals surface area (Å²) in [7, 11) is -0.435. The monoisotopic (exact) mass is 192 g/mol. The Labute approximate surface area is 85.7 Å². The average molecular weight is 192 g/mol. The molecule has 0 heterocycles. The van der Waals surface area contributed by atoms with Gasteiger partial charge in [-0.1, -0.05) is 17.7 Å². The van der Waals surface area contributed by atoms with E-state index in [4.69, 9.17) is 5.02 Å². The van der Waals surface area contributed by atoms with Crippen molar-refractivity contribution < 1.29 is 5.02 Å². The van der Waals surface area contributed by atoms with Crippen molar-refractivity contribution in [3.05, 3.63) is 29.8 Å². The van der Waals surface area contributed by atoms with Crippen LogP contribution in [-0.2, 0) is 0 Å². The summed E-state index contributed by atoms with van der Waals surface area (Å²) in [6, 6.07) is 8.25. The van der Waals surface area contributed by atoms with Gasteiger partial charge in [-0.25, -0.2) is 0 Å². The van der Waals surface area contributed by atoms with Gasteiger partial charge in [0.15, 0.2) is 0 Å². The summed E-state index contributed by atoms with van der Waals surface area (Å²) in [5.41, 5.74) is 2.38. The molecule has 0 spiro atoms. The van der Waals surface area contributed by atoms with Crippen LogP contribution in [0.3, 0.4) is 0 Å². The molecule has 0 aromatic heterocycles. The van der Waals surface area contributed by atoms with E-state index < -0.39 is 7.05 Å². The van der Waals surface area contributed by atoms with Crippen LogP contribution in [0.2, 0.25) is 6.82 Å². The number of aryl methyl sites for hydroxylation is 1. The first-order chi connectivity index (χ1) is 6.68. The molecular weight excluding hydrogens is 175 g/mol. The van der Waals surface area contributed by atoms with E-state index in [1.807, 2.05) is 0 Å². The highest BCUT2D eigenvalue weighted by Gasteiger charge is 1.98. The number of hydrogen-bond acceptors (Lipinski definition) is 3.